The third-order valence-corrected chi connectivity index (χ3v) is 5.00. The minimum atomic E-state index is -0.641. The van der Waals surface area contributed by atoms with Crippen molar-refractivity contribution in [2.75, 3.05) is 6.61 Å². The van der Waals surface area contributed by atoms with Gasteiger partial charge in [-0.05, 0) is 62.1 Å². The molecular weight excluding hydrogens is 383 g/mol. The molecule has 0 unspecified atom stereocenters. The minimum Gasteiger partial charge on any atom is -0.484 e. The Balaban J connectivity index is 2.20. The topological polar surface area (TPSA) is 58.6 Å². The lowest BCUT2D eigenvalue weighted by atomic mass is 10.1. The number of nitrogens with one attached hydrogen (secondary N) is 1. The standard InChI is InChI=1S/C24H31FN2O3/c1-5-18(4)26-24(29)22(6-2)27(15-19-10-12-20(25)13-11-19)23(28)16-30-21-9-7-8-17(3)14-21/h7-14,18,22H,5-6,15-16H2,1-4H3,(H,26,29)/t18-,22+/m1/s1. The SMILES string of the molecule is CC[C@@H](C)NC(=O)[C@H](CC)N(Cc1ccc(F)cc1)C(=O)COc1cccc(C)c1. The molecule has 0 aliphatic rings. The summed E-state index contributed by atoms with van der Waals surface area (Å²) in [5.41, 5.74) is 1.78. The van der Waals surface area contributed by atoms with Crippen molar-refractivity contribution in [3.63, 3.8) is 0 Å². The van der Waals surface area contributed by atoms with Crippen molar-refractivity contribution in [3.8, 4) is 5.75 Å². The molecule has 2 rings (SSSR count). The number of amides is 2. The van der Waals surface area contributed by atoms with Gasteiger partial charge < -0.3 is 15.0 Å². The predicted octanol–water partition coefficient (Wildman–Crippen LogP) is 4.24. The van der Waals surface area contributed by atoms with Crippen LogP contribution in [0.3, 0.4) is 0 Å². The molecule has 162 valence electrons. The molecule has 0 heterocycles. The van der Waals surface area contributed by atoms with Crippen molar-refractivity contribution in [1.82, 2.24) is 10.2 Å². The number of hydrogen-bond acceptors (Lipinski definition) is 3. The molecule has 0 bridgehead atoms. The van der Waals surface area contributed by atoms with Crippen molar-refractivity contribution in [2.24, 2.45) is 0 Å². The van der Waals surface area contributed by atoms with Gasteiger partial charge in [0.2, 0.25) is 5.91 Å². The second-order valence-electron chi connectivity index (χ2n) is 7.50. The Morgan fingerprint density at radius 1 is 1.10 bits per heavy atom. The lowest BCUT2D eigenvalue weighted by Gasteiger charge is -2.31. The summed E-state index contributed by atoms with van der Waals surface area (Å²) in [6, 6.07) is 12.8. The van der Waals surface area contributed by atoms with Crippen molar-refractivity contribution in [1.29, 1.82) is 0 Å². The van der Waals surface area contributed by atoms with Crippen LogP contribution in [0.25, 0.3) is 0 Å². The van der Waals surface area contributed by atoms with Gasteiger partial charge in [0.15, 0.2) is 6.61 Å². The van der Waals surface area contributed by atoms with E-state index in [0.29, 0.717) is 12.2 Å². The fourth-order valence-corrected chi connectivity index (χ4v) is 3.08. The average Bonchev–Trinajstić information content (AvgIpc) is 2.73. The van der Waals surface area contributed by atoms with Crippen LogP contribution in [-0.2, 0) is 16.1 Å². The van der Waals surface area contributed by atoms with Crippen LogP contribution in [0.15, 0.2) is 48.5 Å². The predicted molar refractivity (Wildman–Crippen MR) is 116 cm³/mol. The van der Waals surface area contributed by atoms with Gasteiger partial charge >= 0.3 is 0 Å². The number of benzene rings is 2. The van der Waals surface area contributed by atoms with Crippen LogP contribution in [0.2, 0.25) is 0 Å². The van der Waals surface area contributed by atoms with Crippen LogP contribution in [0, 0.1) is 12.7 Å². The van der Waals surface area contributed by atoms with E-state index in [1.807, 2.05) is 45.9 Å². The number of nitrogens with zero attached hydrogens (tertiary/aromatic N) is 1. The Morgan fingerprint density at radius 3 is 2.40 bits per heavy atom. The normalized spacial score (nSPS) is 12.7. The zero-order chi connectivity index (χ0) is 22.1. The Labute approximate surface area is 178 Å². The quantitative estimate of drug-likeness (QED) is 0.633. The van der Waals surface area contributed by atoms with Crippen molar-refractivity contribution in [2.45, 2.75) is 59.2 Å². The molecule has 2 amide bonds. The third-order valence-electron chi connectivity index (χ3n) is 5.00. The maximum absolute atomic E-state index is 13.3. The molecule has 0 aliphatic carbocycles. The Bertz CT molecular complexity index is 839. The Morgan fingerprint density at radius 2 is 1.80 bits per heavy atom. The number of ether oxygens (including phenoxy) is 1. The fraction of sp³-hybridized carbons (Fsp3) is 0.417. The highest BCUT2D eigenvalue weighted by Gasteiger charge is 2.29. The van der Waals surface area contributed by atoms with E-state index in [1.54, 1.807) is 18.2 Å². The number of carbonyl (C=O) groups is 2. The molecule has 0 spiro atoms. The van der Waals surface area contributed by atoms with E-state index in [-0.39, 0.29) is 36.8 Å². The van der Waals surface area contributed by atoms with Crippen LogP contribution < -0.4 is 10.1 Å². The maximum Gasteiger partial charge on any atom is 0.261 e. The van der Waals surface area contributed by atoms with Crippen LogP contribution in [0.5, 0.6) is 5.75 Å². The lowest BCUT2D eigenvalue weighted by molar-refractivity contribution is -0.143. The van der Waals surface area contributed by atoms with E-state index in [1.165, 1.54) is 17.0 Å². The molecular formula is C24H31FN2O3. The van der Waals surface area contributed by atoms with E-state index < -0.39 is 6.04 Å². The lowest BCUT2D eigenvalue weighted by Crippen LogP contribution is -2.51. The van der Waals surface area contributed by atoms with E-state index in [9.17, 15) is 14.0 Å². The summed E-state index contributed by atoms with van der Waals surface area (Å²) in [5, 5.41) is 2.96. The van der Waals surface area contributed by atoms with Crippen molar-refractivity contribution >= 4 is 11.8 Å². The summed E-state index contributed by atoms with van der Waals surface area (Å²) < 4.78 is 19.0. The number of hydrogen-bond donors (Lipinski definition) is 1. The average molecular weight is 415 g/mol. The molecule has 0 aliphatic heterocycles. The molecule has 0 fully saturated rings. The van der Waals surface area contributed by atoms with E-state index in [2.05, 4.69) is 5.32 Å². The highest BCUT2D eigenvalue weighted by Crippen LogP contribution is 2.16. The van der Waals surface area contributed by atoms with Crippen molar-refractivity contribution < 1.29 is 18.7 Å². The van der Waals surface area contributed by atoms with Gasteiger partial charge in [0, 0.05) is 12.6 Å². The molecule has 0 saturated carbocycles. The van der Waals surface area contributed by atoms with Crippen LogP contribution in [0.4, 0.5) is 4.39 Å². The van der Waals surface area contributed by atoms with Crippen LogP contribution >= 0.6 is 0 Å². The van der Waals surface area contributed by atoms with E-state index in [4.69, 9.17) is 4.74 Å². The first-order valence-corrected chi connectivity index (χ1v) is 10.4. The van der Waals surface area contributed by atoms with Gasteiger partial charge in [-0.15, -0.1) is 0 Å². The number of carbonyl (C=O) groups excluding carboxylic acids is 2. The van der Waals surface area contributed by atoms with Gasteiger partial charge in [0.1, 0.15) is 17.6 Å². The zero-order valence-corrected chi connectivity index (χ0v) is 18.2. The largest absolute Gasteiger partial charge is 0.484 e. The fourth-order valence-electron chi connectivity index (χ4n) is 3.08. The molecule has 0 aromatic heterocycles. The van der Waals surface area contributed by atoms with Gasteiger partial charge in [0.25, 0.3) is 5.91 Å². The monoisotopic (exact) mass is 414 g/mol. The van der Waals surface area contributed by atoms with Gasteiger partial charge in [-0.2, -0.15) is 0 Å². The van der Waals surface area contributed by atoms with Crippen molar-refractivity contribution in [3.05, 3.63) is 65.5 Å². The maximum atomic E-state index is 13.3. The smallest absolute Gasteiger partial charge is 0.261 e. The van der Waals surface area contributed by atoms with Gasteiger partial charge in [0.05, 0.1) is 0 Å². The van der Waals surface area contributed by atoms with Crippen LogP contribution in [-0.4, -0.2) is 35.4 Å². The highest BCUT2D eigenvalue weighted by molar-refractivity contribution is 5.88. The number of aryl methyl sites for hydroxylation is 1. The van der Waals surface area contributed by atoms with Gasteiger partial charge in [-0.1, -0.05) is 38.1 Å². The Hall–Kier alpha value is -2.89. The molecule has 0 saturated heterocycles. The second kappa shape index (κ2) is 11.3. The van der Waals surface area contributed by atoms with Gasteiger partial charge in [-0.25, -0.2) is 4.39 Å². The summed E-state index contributed by atoms with van der Waals surface area (Å²) >= 11 is 0. The first-order valence-electron chi connectivity index (χ1n) is 10.4. The first-order chi connectivity index (χ1) is 14.3. The van der Waals surface area contributed by atoms with E-state index in [0.717, 1.165) is 17.5 Å². The second-order valence-corrected chi connectivity index (χ2v) is 7.50. The number of halogens is 1. The highest BCUT2D eigenvalue weighted by atomic mass is 19.1. The summed E-state index contributed by atoms with van der Waals surface area (Å²) in [7, 11) is 0. The summed E-state index contributed by atoms with van der Waals surface area (Å²) in [6.07, 6.45) is 1.25. The molecule has 2 aromatic carbocycles. The summed E-state index contributed by atoms with van der Waals surface area (Å²) in [6.45, 7) is 7.75. The van der Waals surface area contributed by atoms with Crippen LogP contribution in [0.1, 0.15) is 44.7 Å². The summed E-state index contributed by atoms with van der Waals surface area (Å²) in [4.78, 5) is 27.4. The molecule has 2 aromatic rings. The third kappa shape index (κ3) is 6.87. The molecule has 30 heavy (non-hydrogen) atoms. The molecule has 0 radical (unpaired) electrons. The molecule has 5 nitrogen and oxygen atoms in total. The number of rotatable bonds is 10. The zero-order valence-electron chi connectivity index (χ0n) is 18.2. The molecule has 2 atom stereocenters. The van der Waals surface area contributed by atoms with Gasteiger partial charge in [-0.3, -0.25) is 9.59 Å². The Kier molecular flexibility index (Phi) is 8.84. The first kappa shape index (κ1) is 23.4. The minimum absolute atomic E-state index is 0.0119. The molecule has 6 heteroatoms. The van der Waals surface area contributed by atoms with E-state index >= 15 is 0 Å². The summed E-state index contributed by atoms with van der Waals surface area (Å²) in [5.74, 6) is -0.243. The molecule has 1 N–H and O–H groups in total.